The molecule has 0 atom stereocenters. The molecule has 0 unspecified atom stereocenters. The molecule has 1 amide bonds. The van der Waals surface area contributed by atoms with E-state index in [9.17, 15) is 13.2 Å². The van der Waals surface area contributed by atoms with Crippen LogP contribution >= 0.6 is 0 Å². The fourth-order valence-electron chi connectivity index (χ4n) is 2.79. The first-order valence-corrected chi connectivity index (χ1v) is 10.7. The third-order valence-electron chi connectivity index (χ3n) is 4.36. The van der Waals surface area contributed by atoms with Crippen molar-refractivity contribution in [2.45, 2.75) is 19.4 Å². The monoisotopic (exact) mass is 400 g/mol. The Morgan fingerprint density at radius 2 is 1.85 bits per heavy atom. The van der Waals surface area contributed by atoms with Crippen molar-refractivity contribution in [1.29, 1.82) is 0 Å². The van der Waals surface area contributed by atoms with Gasteiger partial charge >= 0.3 is 0 Å². The quantitative estimate of drug-likeness (QED) is 0.650. The van der Waals surface area contributed by atoms with E-state index in [-0.39, 0.29) is 24.1 Å². The van der Waals surface area contributed by atoms with Crippen LogP contribution in [0.25, 0.3) is 0 Å². The van der Waals surface area contributed by atoms with Crippen molar-refractivity contribution in [3.05, 3.63) is 29.8 Å². The standard InChI is InChI=1S/C17H26N2O4S.CH2O2/c1-23-16-5-3-14(4-6-16)13-18-17(20)15-7-9-19(10-8-15)11-12-24(2,21)22;2-1-3/h3-6,15H,7-13H2,1-2H3,(H,18,20);1H,(H,2,3). The molecule has 1 fully saturated rings. The van der Waals surface area contributed by atoms with Gasteiger partial charge < -0.3 is 20.1 Å². The topological polar surface area (TPSA) is 113 Å². The van der Waals surface area contributed by atoms with E-state index in [1.807, 2.05) is 24.3 Å². The first kappa shape index (κ1) is 22.9. The Morgan fingerprint density at radius 3 is 2.33 bits per heavy atom. The van der Waals surface area contributed by atoms with E-state index in [2.05, 4.69) is 10.2 Å². The zero-order valence-electron chi connectivity index (χ0n) is 15.8. The van der Waals surface area contributed by atoms with Gasteiger partial charge in [-0.2, -0.15) is 0 Å². The van der Waals surface area contributed by atoms with E-state index >= 15 is 0 Å². The van der Waals surface area contributed by atoms with Gasteiger partial charge in [0.1, 0.15) is 15.6 Å². The van der Waals surface area contributed by atoms with E-state index in [1.165, 1.54) is 6.26 Å². The molecule has 0 saturated carbocycles. The second kappa shape index (κ2) is 11.6. The van der Waals surface area contributed by atoms with Gasteiger partial charge in [0, 0.05) is 25.3 Å². The predicted octanol–water partition coefficient (Wildman–Crippen LogP) is 0.769. The maximum atomic E-state index is 12.3. The smallest absolute Gasteiger partial charge is 0.290 e. The van der Waals surface area contributed by atoms with Crippen LogP contribution in [-0.2, 0) is 26.0 Å². The van der Waals surface area contributed by atoms with Gasteiger partial charge in [0.15, 0.2) is 0 Å². The fraction of sp³-hybridized carbons (Fsp3) is 0.556. The zero-order chi connectivity index (χ0) is 20.3. The molecule has 0 aliphatic carbocycles. The second-order valence-corrected chi connectivity index (χ2v) is 8.68. The highest BCUT2D eigenvalue weighted by Gasteiger charge is 2.25. The molecule has 1 saturated heterocycles. The van der Waals surface area contributed by atoms with E-state index in [1.54, 1.807) is 7.11 Å². The summed E-state index contributed by atoms with van der Waals surface area (Å²) in [5.41, 5.74) is 1.04. The third kappa shape index (κ3) is 9.39. The van der Waals surface area contributed by atoms with Crippen LogP contribution in [0.1, 0.15) is 18.4 Å². The number of benzene rings is 1. The molecular formula is C18H28N2O6S. The largest absolute Gasteiger partial charge is 0.497 e. The van der Waals surface area contributed by atoms with Crippen molar-refractivity contribution in [3.63, 3.8) is 0 Å². The summed E-state index contributed by atoms with van der Waals surface area (Å²) in [6.07, 6.45) is 2.81. The van der Waals surface area contributed by atoms with E-state index in [0.717, 1.165) is 37.2 Å². The Morgan fingerprint density at radius 1 is 1.30 bits per heavy atom. The highest BCUT2D eigenvalue weighted by molar-refractivity contribution is 7.90. The van der Waals surface area contributed by atoms with Gasteiger partial charge in [-0.3, -0.25) is 9.59 Å². The number of piperidine rings is 1. The van der Waals surface area contributed by atoms with Gasteiger partial charge in [0.05, 0.1) is 12.9 Å². The minimum Gasteiger partial charge on any atom is -0.497 e. The molecule has 0 spiro atoms. The van der Waals surface area contributed by atoms with Crippen molar-refractivity contribution < 1.29 is 27.9 Å². The number of sulfone groups is 1. The van der Waals surface area contributed by atoms with Crippen molar-refractivity contribution >= 4 is 22.2 Å². The molecule has 0 radical (unpaired) electrons. The molecule has 1 aliphatic rings. The number of carboxylic acid groups (broad SMARTS) is 1. The number of methoxy groups -OCH3 is 1. The van der Waals surface area contributed by atoms with Crippen LogP contribution in [0.3, 0.4) is 0 Å². The molecule has 2 rings (SSSR count). The van der Waals surface area contributed by atoms with Crippen molar-refractivity contribution in [2.24, 2.45) is 5.92 Å². The van der Waals surface area contributed by atoms with E-state index < -0.39 is 9.84 Å². The van der Waals surface area contributed by atoms with Crippen LogP contribution < -0.4 is 10.1 Å². The fourth-order valence-corrected chi connectivity index (χ4v) is 3.38. The Balaban J connectivity index is 0.00000114. The summed E-state index contributed by atoms with van der Waals surface area (Å²) in [4.78, 5) is 22.7. The lowest BCUT2D eigenvalue weighted by Crippen LogP contribution is -2.41. The number of hydrogen-bond acceptors (Lipinski definition) is 6. The molecule has 0 bridgehead atoms. The summed E-state index contributed by atoms with van der Waals surface area (Å²) in [6, 6.07) is 7.63. The number of rotatable bonds is 7. The summed E-state index contributed by atoms with van der Waals surface area (Å²) < 4.78 is 27.5. The Labute approximate surface area is 160 Å². The Bertz CT molecular complexity index is 682. The lowest BCUT2D eigenvalue weighted by atomic mass is 9.96. The van der Waals surface area contributed by atoms with Crippen LogP contribution in [0.5, 0.6) is 5.75 Å². The minimum atomic E-state index is -2.93. The lowest BCUT2D eigenvalue weighted by molar-refractivity contribution is -0.126. The number of carbonyl (C=O) groups is 2. The molecule has 1 heterocycles. The molecule has 2 N–H and O–H groups in total. The van der Waals surface area contributed by atoms with Crippen LogP contribution in [0.15, 0.2) is 24.3 Å². The molecule has 1 aliphatic heterocycles. The predicted molar refractivity (Wildman–Crippen MR) is 102 cm³/mol. The average Bonchev–Trinajstić information content (AvgIpc) is 2.65. The van der Waals surface area contributed by atoms with Crippen LogP contribution in [0, 0.1) is 5.92 Å². The average molecular weight is 400 g/mol. The van der Waals surface area contributed by atoms with Gasteiger partial charge in [0.25, 0.3) is 6.47 Å². The number of nitrogens with zero attached hydrogens (tertiary/aromatic N) is 1. The van der Waals surface area contributed by atoms with Gasteiger partial charge in [-0.1, -0.05) is 12.1 Å². The van der Waals surface area contributed by atoms with Crippen LogP contribution in [0.2, 0.25) is 0 Å². The first-order chi connectivity index (χ1) is 12.8. The van der Waals surface area contributed by atoms with E-state index in [0.29, 0.717) is 13.1 Å². The molecule has 27 heavy (non-hydrogen) atoms. The highest BCUT2D eigenvalue weighted by atomic mass is 32.2. The highest BCUT2D eigenvalue weighted by Crippen LogP contribution is 2.18. The number of likely N-dealkylation sites (tertiary alicyclic amines) is 1. The van der Waals surface area contributed by atoms with Gasteiger partial charge in [0.2, 0.25) is 5.91 Å². The summed E-state index contributed by atoms with van der Waals surface area (Å²) in [5, 5.41) is 9.87. The van der Waals surface area contributed by atoms with Crippen LogP contribution in [0.4, 0.5) is 0 Å². The molecule has 1 aromatic rings. The normalized spacial score (nSPS) is 15.3. The SMILES string of the molecule is COc1ccc(CNC(=O)C2CCN(CCS(C)(=O)=O)CC2)cc1.O=CO. The van der Waals surface area contributed by atoms with Crippen molar-refractivity contribution in [3.8, 4) is 5.75 Å². The summed E-state index contributed by atoms with van der Waals surface area (Å²) in [5.74, 6) is 1.07. The third-order valence-corrected chi connectivity index (χ3v) is 5.29. The van der Waals surface area contributed by atoms with Gasteiger partial charge in [-0.25, -0.2) is 8.42 Å². The molecule has 152 valence electrons. The first-order valence-electron chi connectivity index (χ1n) is 8.67. The molecule has 8 nitrogen and oxygen atoms in total. The number of hydrogen-bond donors (Lipinski definition) is 2. The zero-order valence-corrected chi connectivity index (χ0v) is 16.6. The molecule has 0 aromatic heterocycles. The molecular weight excluding hydrogens is 372 g/mol. The van der Waals surface area contributed by atoms with E-state index in [4.69, 9.17) is 14.6 Å². The van der Waals surface area contributed by atoms with Crippen LogP contribution in [-0.4, -0.2) is 69.6 Å². The maximum Gasteiger partial charge on any atom is 0.290 e. The summed E-state index contributed by atoms with van der Waals surface area (Å²) in [7, 11) is -1.30. The Hall–Kier alpha value is -2.13. The Kier molecular flexibility index (Phi) is 9.81. The lowest BCUT2D eigenvalue weighted by Gasteiger charge is -2.31. The minimum absolute atomic E-state index is 0.0118. The van der Waals surface area contributed by atoms with Gasteiger partial charge in [-0.15, -0.1) is 0 Å². The second-order valence-electron chi connectivity index (χ2n) is 6.42. The van der Waals surface area contributed by atoms with Crippen molar-refractivity contribution in [2.75, 3.05) is 38.8 Å². The molecule has 1 aromatic carbocycles. The maximum absolute atomic E-state index is 12.3. The summed E-state index contributed by atoms with van der Waals surface area (Å²) >= 11 is 0. The summed E-state index contributed by atoms with van der Waals surface area (Å²) in [6.45, 7) is 2.36. The molecule has 9 heteroatoms. The van der Waals surface area contributed by atoms with Gasteiger partial charge in [-0.05, 0) is 43.6 Å². The van der Waals surface area contributed by atoms with Crippen molar-refractivity contribution in [1.82, 2.24) is 10.2 Å². The number of carbonyl (C=O) groups excluding carboxylic acids is 1. The number of nitrogens with one attached hydrogen (secondary N) is 1. The number of amides is 1. The number of ether oxygens (including phenoxy) is 1.